The van der Waals surface area contributed by atoms with Gasteiger partial charge >= 0.3 is 0 Å². The van der Waals surface area contributed by atoms with Crippen molar-refractivity contribution >= 4 is 65.4 Å². The topological polar surface area (TPSA) is 14.8 Å². The summed E-state index contributed by atoms with van der Waals surface area (Å²) >= 11 is 0. The molecule has 0 amide bonds. The maximum atomic E-state index is 2.49. The van der Waals surface area contributed by atoms with Crippen molar-refractivity contribution < 1.29 is 0 Å². The van der Waals surface area contributed by atoms with Crippen molar-refractivity contribution in [3.05, 3.63) is 237 Å². The predicted molar refractivity (Wildman–Crippen MR) is 266 cm³/mol. The van der Waals surface area contributed by atoms with E-state index in [1.165, 1.54) is 98.8 Å². The highest BCUT2D eigenvalue weighted by atomic mass is 15.0. The van der Waals surface area contributed by atoms with E-state index in [0.29, 0.717) is 0 Å². The summed E-state index contributed by atoms with van der Waals surface area (Å²) in [5, 5.41) is 7.46. The van der Waals surface area contributed by atoms with Crippen LogP contribution < -0.4 is 0 Å². The van der Waals surface area contributed by atoms with E-state index in [2.05, 4.69) is 250 Å². The second-order valence-corrected chi connectivity index (χ2v) is 16.5. The van der Waals surface area contributed by atoms with E-state index in [-0.39, 0.29) is 0 Å². The highest BCUT2D eigenvalue weighted by Crippen LogP contribution is 2.47. The first-order valence-electron chi connectivity index (χ1n) is 21.7. The Bertz CT molecular complexity index is 3870. The van der Waals surface area contributed by atoms with Crippen LogP contribution in [0, 0.1) is 0 Å². The minimum Gasteiger partial charge on any atom is -0.309 e. The molecule has 0 saturated carbocycles. The van der Waals surface area contributed by atoms with Crippen molar-refractivity contribution in [3.63, 3.8) is 0 Å². The van der Waals surface area contributed by atoms with Crippen LogP contribution in [0.15, 0.2) is 237 Å². The average molecular weight is 802 g/mol. The molecule has 63 heavy (non-hydrogen) atoms. The summed E-state index contributed by atoms with van der Waals surface area (Å²) in [7, 11) is 0. The number of nitrogens with zero attached hydrogens (tertiary/aromatic N) is 3. The molecule has 0 N–H and O–H groups in total. The van der Waals surface area contributed by atoms with Crippen LogP contribution >= 0.6 is 0 Å². The van der Waals surface area contributed by atoms with Gasteiger partial charge in [-0.25, -0.2) is 0 Å². The van der Waals surface area contributed by atoms with E-state index >= 15 is 0 Å². The highest BCUT2D eigenvalue weighted by molar-refractivity contribution is 6.30. The third-order valence-electron chi connectivity index (χ3n) is 13.0. The van der Waals surface area contributed by atoms with Gasteiger partial charge in [0.1, 0.15) is 0 Å². The molecule has 13 aromatic rings. The van der Waals surface area contributed by atoms with Crippen molar-refractivity contribution in [3.8, 4) is 50.4 Å². The molecule has 0 saturated heterocycles. The molecule has 3 heterocycles. The zero-order valence-corrected chi connectivity index (χ0v) is 34.4. The van der Waals surface area contributed by atoms with E-state index in [0.717, 1.165) is 17.1 Å². The van der Waals surface area contributed by atoms with Gasteiger partial charge in [0.25, 0.3) is 0 Å². The molecule has 0 atom stereocenters. The number of aromatic nitrogens is 3. The number of hydrogen-bond acceptors (Lipinski definition) is 0. The number of hydrogen-bond donors (Lipinski definition) is 0. The Balaban J connectivity index is 1.04. The molecule has 294 valence electrons. The first-order valence-corrected chi connectivity index (χ1v) is 21.7. The Kier molecular flexibility index (Phi) is 7.91. The van der Waals surface area contributed by atoms with Gasteiger partial charge in [-0.1, -0.05) is 158 Å². The smallest absolute Gasteiger partial charge is 0.0647 e. The van der Waals surface area contributed by atoms with Crippen molar-refractivity contribution in [1.82, 2.24) is 13.7 Å². The molecule has 0 unspecified atom stereocenters. The molecule has 3 heteroatoms. The lowest BCUT2D eigenvalue weighted by molar-refractivity contribution is 1.17. The van der Waals surface area contributed by atoms with Crippen LogP contribution in [-0.4, -0.2) is 13.7 Å². The van der Waals surface area contributed by atoms with E-state index in [1.54, 1.807) is 0 Å². The molecular formula is C60H39N3. The van der Waals surface area contributed by atoms with Gasteiger partial charge in [-0.2, -0.15) is 0 Å². The Morgan fingerprint density at radius 2 is 0.667 bits per heavy atom. The molecule has 0 fully saturated rings. The van der Waals surface area contributed by atoms with E-state index in [1.807, 2.05) is 0 Å². The summed E-state index contributed by atoms with van der Waals surface area (Å²) in [5.74, 6) is 0. The first kappa shape index (κ1) is 35.4. The molecule has 0 bridgehead atoms. The number of fused-ring (bicyclic) bond motifs is 10. The van der Waals surface area contributed by atoms with Gasteiger partial charge in [-0.05, 0) is 112 Å². The van der Waals surface area contributed by atoms with Crippen LogP contribution in [0.25, 0.3) is 116 Å². The quantitative estimate of drug-likeness (QED) is 0.159. The SMILES string of the molecule is c1ccc(-c2ccc(-n3c4ccccc4c4cc(-c5cccc(-c6cc7c(c8ccccc8n7-c7ccccc7)c7c6c6ccccc6n7-c6ccccc6)c5)ccc43)cc2)cc1. The highest BCUT2D eigenvalue weighted by Gasteiger charge is 2.24. The number of rotatable bonds is 6. The molecule has 3 aromatic heterocycles. The molecule has 0 spiro atoms. The van der Waals surface area contributed by atoms with Crippen LogP contribution in [0.5, 0.6) is 0 Å². The van der Waals surface area contributed by atoms with Crippen molar-refractivity contribution in [2.75, 3.05) is 0 Å². The van der Waals surface area contributed by atoms with Crippen molar-refractivity contribution in [2.24, 2.45) is 0 Å². The lowest BCUT2D eigenvalue weighted by Gasteiger charge is -2.14. The standard InChI is InChI=1S/C60H39N3/c1-4-17-40(18-5-1)41-31-34-47(35-32-41)61-53-28-13-10-25-48(53)52-38-43(33-36-56(52)61)42-19-16-20-44(37-42)51-39-57-59(50-27-12-14-29-54(50)62(57)45-21-6-2-7-22-45)60-58(51)49-26-11-15-30-55(49)63(60)46-23-8-3-9-24-46/h1-39H. The Hall–Kier alpha value is -8.40. The monoisotopic (exact) mass is 801 g/mol. The molecule has 10 aromatic carbocycles. The largest absolute Gasteiger partial charge is 0.309 e. The van der Waals surface area contributed by atoms with Crippen LogP contribution in [0.1, 0.15) is 0 Å². The van der Waals surface area contributed by atoms with Gasteiger partial charge in [0.05, 0.1) is 33.1 Å². The fourth-order valence-electron chi connectivity index (χ4n) is 10.3. The third-order valence-corrected chi connectivity index (χ3v) is 13.0. The fraction of sp³-hybridized carbons (Fsp3) is 0. The summed E-state index contributed by atoms with van der Waals surface area (Å²) in [6.07, 6.45) is 0. The Morgan fingerprint density at radius 3 is 1.37 bits per heavy atom. The van der Waals surface area contributed by atoms with E-state index < -0.39 is 0 Å². The Morgan fingerprint density at radius 1 is 0.222 bits per heavy atom. The number of para-hydroxylation sites is 5. The van der Waals surface area contributed by atoms with Gasteiger partial charge in [0.15, 0.2) is 0 Å². The maximum Gasteiger partial charge on any atom is 0.0647 e. The zero-order valence-electron chi connectivity index (χ0n) is 34.4. The molecule has 0 radical (unpaired) electrons. The lowest BCUT2D eigenvalue weighted by Crippen LogP contribution is -1.96. The van der Waals surface area contributed by atoms with Gasteiger partial charge in [0, 0.05) is 49.4 Å². The van der Waals surface area contributed by atoms with Crippen LogP contribution in [0.2, 0.25) is 0 Å². The molecule has 0 aliphatic heterocycles. The first-order chi connectivity index (χ1) is 31.3. The average Bonchev–Trinajstić information content (AvgIpc) is 4.00. The summed E-state index contributed by atoms with van der Waals surface area (Å²) in [6.45, 7) is 0. The summed E-state index contributed by atoms with van der Waals surface area (Å²) in [5.41, 5.74) is 17.8. The van der Waals surface area contributed by atoms with Crippen molar-refractivity contribution in [2.45, 2.75) is 0 Å². The molecule has 0 aliphatic rings. The molecular weight excluding hydrogens is 763 g/mol. The Labute approximate surface area is 364 Å². The number of benzene rings is 10. The normalized spacial score (nSPS) is 11.8. The van der Waals surface area contributed by atoms with E-state index in [9.17, 15) is 0 Å². The zero-order chi connectivity index (χ0) is 41.4. The van der Waals surface area contributed by atoms with Gasteiger partial charge in [-0.15, -0.1) is 0 Å². The minimum absolute atomic E-state index is 1.14. The summed E-state index contributed by atoms with van der Waals surface area (Å²) in [6, 6.07) is 86.4. The molecule has 3 nitrogen and oxygen atoms in total. The summed E-state index contributed by atoms with van der Waals surface area (Å²) < 4.78 is 7.34. The van der Waals surface area contributed by atoms with Crippen LogP contribution in [0.3, 0.4) is 0 Å². The van der Waals surface area contributed by atoms with Crippen LogP contribution in [-0.2, 0) is 0 Å². The fourth-order valence-corrected chi connectivity index (χ4v) is 10.3. The molecule has 13 rings (SSSR count). The van der Waals surface area contributed by atoms with Gasteiger partial charge < -0.3 is 13.7 Å². The van der Waals surface area contributed by atoms with Gasteiger partial charge in [-0.3, -0.25) is 0 Å². The lowest BCUT2D eigenvalue weighted by atomic mass is 9.94. The summed E-state index contributed by atoms with van der Waals surface area (Å²) in [4.78, 5) is 0. The second kappa shape index (κ2) is 14.1. The van der Waals surface area contributed by atoms with Gasteiger partial charge in [0.2, 0.25) is 0 Å². The maximum absolute atomic E-state index is 2.49. The third kappa shape index (κ3) is 5.46. The second-order valence-electron chi connectivity index (χ2n) is 16.5. The van der Waals surface area contributed by atoms with E-state index in [4.69, 9.17) is 0 Å². The van der Waals surface area contributed by atoms with Crippen molar-refractivity contribution in [1.29, 1.82) is 0 Å². The minimum atomic E-state index is 1.14. The molecule has 0 aliphatic carbocycles. The predicted octanol–water partition coefficient (Wildman–Crippen LogP) is 16.0. The van der Waals surface area contributed by atoms with Crippen LogP contribution in [0.4, 0.5) is 0 Å².